The van der Waals surface area contributed by atoms with Gasteiger partial charge in [0.25, 0.3) is 23.6 Å². The van der Waals surface area contributed by atoms with Gasteiger partial charge in [0.2, 0.25) is 11.8 Å². The van der Waals surface area contributed by atoms with Crippen molar-refractivity contribution in [2.75, 3.05) is 75.5 Å². The first-order chi connectivity index (χ1) is 30.1. The molecule has 64 heavy (non-hydrogen) atoms. The van der Waals surface area contributed by atoms with Gasteiger partial charge < -0.3 is 77.0 Å². The van der Waals surface area contributed by atoms with Gasteiger partial charge in [0.05, 0.1) is 63.1 Å². The molecule has 358 valence electrons. The van der Waals surface area contributed by atoms with E-state index in [1.54, 1.807) is 13.8 Å². The van der Waals surface area contributed by atoms with Gasteiger partial charge in [-0.3, -0.25) is 28.8 Å². The minimum Gasteiger partial charge on any atom is -0.395 e. The van der Waals surface area contributed by atoms with Crippen LogP contribution >= 0.6 is 0 Å². The fourth-order valence-electron chi connectivity index (χ4n) is 7.75. The third kappa shape index (κ3) is 13.0. The average molecular weight is 907 g/mol. The van der Waals surface area contributed by atoms with E-state index in [0.717, 1.165) is 23.6 Å². The minimum atomic E-state index is -2.10. The predicted molar refractivity (Wildman–Crippen MR) is 234 cm³/mol. The molecule has 0 fully saturated rings. The molecule has 13 N–H and O–H groups in total. The van der Waals surface area contributed by atoms with Gasteiger partial charge in [0, 0.05) is 62.3 Å². The molecule has 0 aromatic heterocycles. The summed E-state index contributed by atoms with van der Waals surface area (Å²) < 4.78 is 0. The summed E-state index contributed by atoms with van der Waals surface area (Å²) in [5.41, 5.74) is 1.03. The number of nitrogens with zero attached hydrogens (tertiary/aromatic N) is 2. The number of carbonyl (C=O) groups excluding carboxylic acids is 6. The lowest BCUT2D eigenvalue weighted by Crippen LogP contribution is -2.51. The van der Waals surface area contributed by atoms with E-state index >= 15 is 0 Å². The molecule has 0 heterocycles. The Hall–Kier alpha value is -5.10. The number of aliphatic hydroxyl groups is 9. The molecule has 0 radical (unpaired) electrons. The van der Waals surface area contributed by atoms with Crippen molar-refractivity contribution in [1.82, 2.24) is 21.3 Å². The molecule has 0 aliphatic carbocycles. The Morgan fingerprint density at radius 2 is 0.812 bits per heavy atom. The molecule has 21 nitrogen and oxygen atoms in total. The van der Waals surface area contributed by atoms with Crippen molar-refractivity contribution in [2.45, 2.75) is 98.8 Å². The average Bonchev–Trinajstić information content (AvgIpc) is 3.25. The van der Waals surface area contributed by atoms with Crippen LogP contribution in [0.5, 0.6) is 0 Å². The highest BCUT2D eigenvalue weighted by Crippen LogP contribution is 2.38. The van der Waals surface area contributed by atoms with Gasteiger partial charge in [-0.2, -0.15) is 0 Å². The molecule has 4 atom stereocenters. The maximum atomic E-state index is 13.7. The summed E-state index contributed by atoms with van der Waals surface area (Å²) in [6, 6.07) is 0. The van der Waals surface area contributed by atoms with Gasteiger partial charge in [-0.1, -0.05) is 13.8 Å². The first kappa shape index (κ1) is 55.0. The molecule has 0 saturated carbocycles. The van der Waals surface area contributed by atoms with E-state index in [1.807, 2.05) is 0 Å². The van der Waals surface area contributed by atoms with Gasteiger partial charge in [0.15, 0.2) is 0 Å². The summed E-state index contributed by atoms with van der Waals surface area (Å²) in [6.07, 6.45) is -8.47. The van der Waals surface area contributed by atoms with Crippen molar-refractivity contribution >= 4 is 46.8 Å². The van der Waals surface area contributed by atoms with Gasteiger partial charge >= 0.3 is 0 Å². The molecular weight excluding hydrogens is 840 g/mol. The van der Waals surface area contributed by atoms with Gasteiger partial charge in [-0.15, -0.1) is 0 Å². The Labute approximate surface area is 372 Å². The first-order valence-corrected chi connectivity index (χ1v) is 21.0. The zero-order valence-electron chi connectivity index (χ0n) is 37.7. The summed E-state index contributed by atoms with van der Waals surface area (Å²) in [6.45, 7) is 6.92. The van der Waals surface area contributed by atoms with E-state index < -0.39 is 105 Å². The van der Waals surface area contributed by atoms with Gasteiger partial charge in [0.1, 0.15) is 18.3 Å². The van der Waals surface area contributed by atoms with Crippen LogP contribution < -0.4 is 31.1 Å². The Balaban J connectivity index is 2.79. The molecule has 2 rings (SSSR count). The van der Waals surface area contributed by atoms with Crippen LogP contribution in [0, 0.1) is 27.7 Å². The molecule has 4 unspecified atom stereocenters. The third-order valence-corrected chi connectivity index (χ3v) is 10.8. The fourth-order valence-corrected chi connectivity index (χ4v) is 7.75. The van der Waals surface area contributed by atoms with E-state index in [-0.39, 0.29) is 106 Å². The molecule has 0 saturated heterocycles. The number of benzene rings is 2. The fraction of sp³-hybridized carbons (Fsp3) is 0.581. The highest BCUT2D eigenvalue weighted by atomic mass is 16.4. The Bertz CT molecular complexity index is 1870. The van der Waals surface area contributed by atoms with Crippen LogP contribution in [0.2, 0.25) is 0 Å². The number of rotatable bonds is 24. The predicted octanol–water partition coefficient (Wildman–Crippen LogP) is -2.86. The summed E-state index contributed by atoms with van der Waals surface area (Å²) in [7, 11) is 0. The third-order valence-electron chi connectivity index (χ3n) is 10.8. The second-order valence-corrected chi connectivity index (χ2v) is 15.3. The first-order valence-electron chi connectivity index (χ1n) is 21.0. The van der Waals surface area contributed by atoms with Crippen molar-refractivity contribution in [1.29, 1.82) is 0 Å². The standard InChI is InChI=1S/C43H66N6O15/c1-9-29-35(42(63)44-11-13-50)21(3)33(40(61)46-15-27(56)19-52)23(5)37(29)48(25(7)54)17-31(58)39(60)32(59)18-49(26(8)55)38-24(6)34(41(62)47-16-28(57)20-53)22(4)36(30(38)10-2)43(64)45-12-14-51/h27-28,31-32,39,50-53,56-60H,9-20H2,1-8H3,(H,44,63)(H,45,64)(H,46,61)(H,47,62). The highest BCUT2D eigenvalue weighted by Gasteiger charge is 2.36. The SMILES string of the molecule is CCc1c(C(=O)NCCO)c(C)c(C(=O)NCC(O)CO)c(C)c1N(CC(O)C(O)C(O)CN(C(C)=O)c1c(C)c(C(=O)NCC(O)CO)c(C)c(C(=O)NCCO)c1CC)C(C)=O. The maximum Gasteiger partial charge on any atom is 0.252 e. The van der Waals surface area contributed by atoms with E-state index in [9.17, 15) is 74.7 Å². The second-order valence-electron chi connectivity index (χ2n) is 15.3. The van der Waals surface area contributed by atoms with Gasteiger partial charge in [-0.25, -0.2) is 0 Å². The molecule has 0 aliphatic heterocycles. The van der Waals surface area contributed by atoms with Crippen molar-refractivity contribution in [3.63, 3.8) is 0 Å². The van der Waals surface area contributed by atoms with Crippen LogP contribution in [0.3, 0.4) is 0 Å². The van der Waals surface area contributed by atoms with E-state index in [1.165, 1.54) is 27.7 Å². The molecule has 0 aliphatic rings. The van der Waals surface area contributed by atoms with Crippen molar-refractivity contribution in [3.8, 4) is 0 Å². The number of carbonyl (C=O) groups is 6. The summed E-state index contributed by atoms with van der Waals surface area (Å²) in [5.74, 6) is -4.39. The molecule has 6 amide bonds. The lowest BCUT2D eigenvalue weighted by molar-refractivity contribution is -0.117. The summed E-state index contributed by atoms with van der Waals surface area (Å²) in [4.78, 5) is 83.6. The lowest BCUT2D eigenvalue weighted by atomic mass is 9.87. The van der Waals surface area contributed by atoms with Crippen molar-refractivity contribution in [3.05, 3.63) is 55.6 Å². The van der Waals surface area contributed by atoms with Crippen LogP contribution in [0.1, 0.15) is 103 Å². The second kappa shape index (κ2) is 25.4. The topological polar surface area (TPSA) is 339 Å². The quantitative estimate of drug-likeness (QED) is 0.0504. The normalized spacial score (nSPS) is 13.6. The number of aliphatic hydroxyl groups excluding tert-OH is 9. The Morgan fingerprint density at radius 1 is 0.500 bits per heavy atom. The van der Waals surface area contributed by atoms with Crippen molar-refractivity contribution < 1.29 is 74.7 Å². The Morgan fingerprint density at radius 3 is 1.08 bits per heavy atom. The summed E-state index contributed by atoms with van der Waals surface area (Å²) >= 11 is 0. The van der Waals surface area contributed by atoms with Crippen molar-refractivity contribution in [2.24, 2.45) is 0 Å². The monoisotopic (exact) mass is 906 g/mol. The molecule has 0 spiro atoms. The van der Waals surface area contributed by atoms with Crippen LogP contribution in [0.15, 0.2) is 0 Å². The van der Waals surface area contributed by atoms with E-state index in [0.29, 0.717) is 0 Å². The number of hydrogen-bond donors (Lipinski definition) is 13. The molecule has 2 aromatic rings. The number of hydrogen-bond acceptors (Lipinski definition) is 15. The minimum absolute atomic E-state index is 0.0147. The Kier molecular flexibility index (Phi) is 21.8. The smallest absolute Gasteiger partial charge is 0.252 e. The highest BCUT2D eigenvalue weighted by molar-refractivity contribution is 6.09. The molecule has 21 heteroatoms. The van der Waals surface area contributed by atoms with Crippen LogP contribution in [0.25, 0.3) is 0 Å². The number of nitrogens with one attached hydrogen (secondary N) is 4. The molecular formula is C43H66N6O15. The van der Waals surface area contributed by atoms with Crippen LogP contribution in [0.4, 0.5) is 11.4 Å². The molecule has 2 aromatic carbocycles. The number of anilines is 2. The zero-order valence-corrected chi connectivity index (χ0v) is 37.7. The van der Waals surface area contributed by atoms with E-state index in [2.05, 4.69) is 21.3 Å². The van der Waals surface area contributed by atoms with Gasteiger partial charge in [-0.05, 0) is 73.9 Å². The maximum absolute atomic E-state index is 13.7. The van der Waals surface area contributed by atoms with E-state index in [4.69, 9.17) is 0 Å². The van der Waals surface area contributed by atoms with Crippen LogP contribution in [-0.2, 0) is 22.4 Å². The lowest BCUT2D eigenvalue weighted by Gasteiger charge is -2.35. The molecule has 0 bridgehead atoms. The zero-order chi connectivity index (χ0) is 48.7. The number of amides is 6. The largest absolute Gasteiger partial charge is 0.395 e. The van der Waals surface area contributed by atoms with Crippen LogP contribution in [-0.4, -0.2) is 178 Å². The summed E-state index contributed by atoms with van der Waals surface area (Å²) in [5, 5.41) is 102.